The Bertz CT molecular complexity index is 1140. The van der Waals surface area contributed by atoms with Crippen LogP contribution in [0.5, 0.6) is 0 Å². The van der Waals surface area contributed by atoms with Gasteiger partial charge in [0.1, 0.15) is 0 Å². The van der Waals surface area contributed by atoms with Gasteiger partial charge in [0, 0.05) is 47.0 Å². The first-order chi connectivity index (χ1) is 14.9. The molecule has 3 heterocycles. The molecule has 1 unspecified atom stereocenters. The molecule has 3 aliphatic rings. The number of hydrogen-bond donors (Lipinski definition) is 0. The van der Waals surface area contributed by atoms with Crippen LogP contribution < -0.4 is 15.2 Å². The van der Waals surface area contributed by atoms with E-state index in [0.29, 0.717) is 0 Å². The second-order valence-electron chi connectivity index (χ2n) is 8.85. The van der Waals surface area contributed by atoms with Crippen LogP contribution >= 0.6 is 28.9 Å². The molecule has 0 aromatic heterocycles. The topological polar surface area (TPSA) is 37.3 Å². The number of morpholine rings is 2. The lowest BCUT2D eigenvalue weighted by atomic mass is 10.1. The Kier molecular flexibility index (Phi) is 6.05. The van der Waals surface area contributed by atoms with Gasteiger partial charge in [-0.25, -0.2) is 4.99 Å². The van der Waals surface area contributed by atoms with Crippen LogP contribution in [-0.2, 0) is 9.47 Å². The van der Waals surface area contributed by atoms with Crippen molar-refractivity contribution in [2.24, 2.45) is 4.99 Å². The van der Waals surface area contributed by atoms with Gasteiger partial charge in [-0.3, -0.25) is 0 Å². The summed E-state index contributed by atoms with van der Waals surface area (Å²) in [6.45, 7) is 14.1. The molecule has 0 amide bonds. The van der Waals surface area contributed by atoms with E-state index in [2.05, 4.69) is 83.0 Å². The fourth-order valence-electron chi connectivity index (χ4n) is 4.82. The van der Waals surface area contributed by atoms with Gasteiger partial charge in [-0.2, -0.15) is 0 Å². The molecule has 0 bridgehead atoms. The van der Waals surface area contributed by atoms with E-state index in [1.165, 1.54) is 31.9 Å². The van der Waals surface area contributed by atoms with Crippen molar-refractivity contribution in [1.82, 2.24) is 0 Å². The van der Waals surface area contributed by atoms with Crippen LogP contribution in [0.4, 0.5) is 17.1 Å². The molecule has 0 spiro atoms. The summed E-state index contributed by atoms with van der Waals surface area (Å²) in [5, 5.41) is 1.16. The fraction of sp³-hybridized carbons (Fsp3) is 0.500. The first kappa shape index (κ1) is 21.7. The molecule has 3 aliphatic heterocycles. The van der Waals surface area contributed by atoms with Crippen molar-refractivity contribution in [3.63, 3.8) is 0 Å². The molecule has 2 aromatic carbocycles. The Morgan fingerprint density at radius 1 is 0.935 bits per heavy atom. The molecule has 31 heavy (non-hydrogen) atoms. The van der Waals surface area contributed by atoms with Crippen molar-refractivity contribution in [3.8, 4) is 0 Å². The number of nitrogens with zero attached hydrogens (tertiary/aromatic N) is 3. The van der Waals surface area contributed by atoms with Crippen LogP contribution in [0.15, 0.2) is 34.2 Å². The number of aryl methyl sites for hydroxylation is 2. The van der Waals surface area contributed by atoms with E-state index in [1.807, 2.05) is 0 Å². The van der Waals surface area contributed by atoms with Crippen molar-refractivity contribution in [1.29, 1.82) is 0 Å². The minimum Gasteiger partial charge on any atom is -0.378 e. The molecule has 0 aliphatic carbocycles. The number of benzene rings is 2. The lowest BCUT2D eigenvalue weighted by Crippen LogP contribution is -2.45. The standard InChI is InChI=1S/C24H30IN3O2S/c1-15-9-19(27-5-7-29-8-6-27)11-21-23(15)26-24-16(2)10-20(12-22(24)31(21)25)28-13-17(3)30-18(4)14-28/h9-12,17-18H,5-8,13-14H2,1-4H3/t17-,18+,31?. The quantitative estimate of drug-likeness (QED) is 0.391. The summed E-state index contributed by atoms with van der Waals surface area (Å²) in [6, 6.07) is 9.36. The SMILES string of the molecule is Cc1cc(N2CCOCC2)cc2c1N=c1c(C)cc(N3C[C@@H](C)O[C@@H](C)C3)cc1=S2I. The molecule has 2 aromatic rings. The zero-order valence-corrected chi connectivity index (χ0v) is 21.6. The highest BCUT2D eigenvalue weighted by Crippen LogP contribution is 2.48. The first-order valence-electron chi connectivity index (χ1n) is 11.1. The average Bonchev–Trinajstić information content (AvgIpc) is 2.75. The third-order valence-electron chi connectivity index (χ3n) is 6.27. The van der Waals surface area contributed by atoms with Crippen LogP contribution in [0, 0.1) is 18.4 Å². The Morgan fingerprint density at radius 2 is 1.58 bits per heavy atom. The lowest BCUT2D eigenvalue weighted by molar-refractivity contribution is -0.00522. The van der Waals surface area contributed by atoms with E-state index in [9.17, 15) is 0 Å². The van der Waals surface area contributed by atoms with Crippen LogP contribution in [0.25, 0.3) is 0 Å². The maximum Gasteiger partial charge on any atom is 0.0806 e. The number of halogens is 1. The van der Waals surface area contributed by atoms with Gasteiger partial charge in [0.2, 0.25) is 0 Å². The lowest BCUT2D eigenvalue weighted by Gasteiger charge is -2.37. The van der Waals surface area contributed by atoms with Crippen molar-refractivity contribution < 1.29 is 9.47 Å². The molecule has 3 atom stereocenters. The Morgan fingerprint density at radius 3 is 2.29 bits per heavy atom. The molecule has 0 radical (unpaired) electrons. The molecular formula is C24H30IN3O2S. The Labute approximate surface area is 198 Å². The second-order valence-corrected chi connectivity index (χ2v) is 12.9. The van der Waals surface area contributed by atoms with Crippen LogP contribution in [0.1, 0.15) is 25.0 Å². The minimum atomic E-state index is -0.0472. The summed E-state index contributed by atoms with van der Waals surface area (Å²) in [5.41, 5.74) is 6.28. The van der Waals surface area contributed by atoms with Crippen molar-refractivity contribution >= 4 is 45.9 Å². The minimum absolute atomic E-state index is 0.0472. The third kappa shape index (κ3) is 4.14. The zero-order valence-electron chi connectivity index (χ0n) is 18.7. The highest BCUT2D eigenvalue weighted by atomic mass is 127. The summed E-state index contributed by atoms with van der Waals surface area (Å²) >= 11 is 2.64. The van der Waals surface area contributed by atoms with Crippen molar-refractivity contribution in [3.05, 3.63) is 45.3 Å². The van der Waals surface area contributed by atoms with Gasteiger partial charge in [0.25, 0.3) is 0 Å². The van der Waals surface area contributed by atoms with Crippen LogP contribution in [-0.4, -0.2) is 51.6 Å². The van der Waals surface area contributed by atoms with Crippen LogP contribution in [0.3, 0.4) is 0 Å². The number of anilines is 2. The monoisotopic (exact) mass is 551 g/mol. The van der Waals surface area contributed by atoms with Gasteiger partial charge in [-0.15, -0.1) is 0 Å². The number of rotatable bonds is 2. The largest absolute Gasteiger partial charge is 0.378 e. The molecule has 5 rings (SSSR count). The maximum atomic E-state index is 5.96. The van der Waals surface area contributed by atoms with E-state index in [-0.39, 0.29) is 19.9 Å². The van der Waals surface area contributed by atoms with Gasteiger partial charge < -0.3 is 19.3 Å². The molecule has 5 nitrogen and oxygen atoms in total. The predicted octanol–water partition coefficient (Wildman–Crippen LogP) is 4.95. The first-order valence-corrected chi connectivity index (χ1v) is 14.8. The van der Waals surface area contributed by atoms with Gasteiger partial charge >= 0.3 is 0 Å². The zero-order chi connectivity index (χ0) is 21.7. The highest BCUT2D eigenvalue weighted by molar-refractivity contribution is 14.2. The molecule has 2 saturated heterocycles. The van der Waals surface area contributed by atoms with Gasteiger partial charge in [-0.1, -0.05) is 7.66 Å². The van der Waals surface area contributed by atoms with E-state index in [1.54, 1.807) is 0 Å². The summed E-state index contributed by atoms with van der Waals surface area (Å²) in [5.74, 6) is 0. The van der Waals surface area contributed by atoms with Crippen molar-refractivity contribution in [2.75, 3.05) is 49.2 Å². The van der Waals surface area contributed by atoms with E-state index in [0.717, 1.165) is 50.4 Å². The highest BCUT2D eigenvalue weighted by Gasteiger charge is 2.24. The average molecular weight is 551 g/mol. The Balaban J connectivity index is 1.62. The molecular weight excluding hydrogens is 521 g/mol. The summed E-state index contributed by atoms with van der Waals surface area (Å²) in [7, 11) is -0.0472. The number of ether oxygens (including phenoxy) is 2. The normalized spacial score (nSPS) is 25.6. The maximum absolute atomic E-state index is 5.96. The molecule has 166 valence electrons. The second kappa shape index (κ2) is 8.65. The third-order valence-corrected chi connectivity index (χ3v) is 10.5. The van der Waals surface area contributed by atoms with E-state index >= 15 is 0 Å². The Hall–Kier alpha value is -1.16. The molecule has 2 fully saturated rings. The number of hydrogen-bond acceptors (Lipinski definition) is 5. The van der Waals surface area contributed by atoms with E-state index < -0.39 is 0 Å². The predicted molar refractivity (Wildman–Crippen MR) is 137 cm³/mol. The molecule has 7 heteroatoms. The summed E-state index contributed by atoms with van der Waals surface area (Å²) < 4.78 is 12.9. The summed E-state index contributed by atoms with van der Waals surface area (Å²) in [6.07, 6.45) is 0.504. The van der Waals surface area contributed by atoms with Crippen molar-refractivity contribution in [2.45, 2.75) is 44.8 Å². The summed E-state index contributed by atoms with van der Waals surface area (Å²) in [4.78, 5) is 11.5. The molecule has 0 saturated carbocycles. The van der Waals surface area contributed by atoms with E-state index in [4.69, 9.17) is 14.5 Å². The number of fused-ring (bicyclic) bond motifs is 2. The van der Waals surface area contributed by atoms with Gasteiger partial charge in [0.15, 0.2) is 0 Å². The fourth-order valence-corrected chi connectivity index (χ4v) is 8.28. The van der Waals surface area contributed by atoms with Gasteiger partial charge in [0.05, 0.1) is 36.5 Å². The smallest absolute Gasteiger partial charge is 0.0806 e. The van der Waals surface area contributed by atoms with Crippen LogP contribution in [0.2, 0.25) is 0 Å². The molecule has 0 N–H and O–H groups in total. The van der Waals surface area contributed by atoms with Gasteiger partial charge in [-0.05, 0) is 84.3 Å².